The summed E-state index contributed by atoms with van der Waals surface area (Å²) in [4.78, 5) is 13.8. The molecule has 102 valence electrons. The number of aliphatic carboxylic acids is 1. The number of nitrogens with one attached hydrogen (secondary N) is 2. The van der Waals surface area contributed by atoms with Crippen LogP contribution in [0.4, 0.5) is 0 Å². The number of hydrogen-bond acceptors (Lipinski definition) is 5. The quantitative estimate of drug-likeness (QED) is 0.0957. The molecule has 0 fully saturated rings. The van der Waals surface area contributed by atoms with Gasteiger partial charge < -0.3 is 20.8 Å². The number of allylic oxidation sites excluding steroid dienone is 1. The maximum Gasteiger partial charge on any atom is 1.00 e. The molecule has 0 saturated carbocycles. The van der Waals surface area contributed by atoms with E-state index in [2.05, 4.69) is 15.6 Å². The van der Waals surface area contributed by atoms with Crippen LogP contribution in [0.25, 0.3) is 0 Å². The first-order chi connectivity index (χ1) is 8.66. The molecule has 0 rings (SSSR count). The van der Waals surface area contributed by atoms with Gasteiger partial charge in [-0.2, -0.15) is 0 Å². The number of hydrogen-bond donors (Lipinski definition) is 3. The van der Waals surface area contributed by atoms with Gasteiger partial charge in [0.25, 0.3) is 0 Å². The van der Waals surface area contributed by atoms with E-state index in [0.29, 0.717) is 13.1 Å². The van der Waals surface area contributed by atoms with Crippen LogP contribution in [0, 0.1) is 0 Å². The van der Waals surface area contributed by atoms with Gasteiger partial charge >= 0.3 is 57.4 Å². The number of rotatable bonds is 10. The van der Waals surface area contributed by atoms with Crippen molar-refractivity contribution in [3.8, 4) is 0 Å². The normalized spacial score (nSPS) is 11.9. The Morgan fingerprint density at radius 3 is 2.58 bits per heavy atom. The van der Waals surface area contributed by atoms with Gasteiger partial charge in [-0.05, 0) is 18.9 Å². The number of nitrogens with zero attached hydrogens (tertiary/aromatic N) is 1. The first-order valence-electron chi connectivity index (χ1n) is 5.82. The first kappa shape index (κ1) is 21.3. The minimum Gasteiger partial charge on any atom is -0.859 e. The number of carboxylic acid groups (broad SMARTS) is 1. The summed E-state index contributed by atoms with van der Waals surface area (Å²) in [7, 11) is 0. The number of aliphatic imine (C=N–C) groups is 1. The molecule has 19 heavy (non-hydrogen) atoms. The maximum atomic E-state index is 11.0. The van der Waals surface area contributed by atoms with Crippen LogP contribution in [0.3, 0.4) is 0 Å². The Labute approximate surface area is 156 Å². The predicted octanol–water partition coefficient (Wildman–Crippen LogP) is -3.85. The fourth-order valence-corrected chi connectivity index (χ4v) is 1.05. The van der Waals surface area contributed by atoms with Crippen molar-refractivity contribution in [2.75, 3.05) is 32.7 Å². The van der Waals surface area contributed by atoms with Crippen molar-refractivity contribution in [1.29, 1.82) is 0 Å². The zero-order valence-corrected chi connectivity index (χ0v) is 14.7. The third kappa shape index (κ3) is 18.0. The molecule has 0 aliphatic carbocycles. The van der Waals surface area contributed by atoms with Crippen LogP contribution in [0.2, 0.25) is 0 Å². The number of carbonyl (C=O) groups is 1. The molecule has 0 saturated heterocycles. The fraction of sp³-hybridized carbons (Fsp3) is 0.500. The third-order valence-electron chi connectivity index (χ3n) is 1.90. The van der Waals surface area contributed by atoms with E-state index < -0.39 is 11.9 Å². The SMILES string of the molecule is C/C=C/CNCCNCCN=C([O-])/C=C/C(=O)O.[K+]. The van der Waals surface area contributed by atoms with Crippen molar-refractivity contribution in [1.82, 2.24) is 10.6 Å². The Kier molecular flexibility index (Phi) is 18.0. The Morgan fingerprint density at radius 1 is 1.26 bits per heavy atom. The van der Waals surface area contributed by atoms with Crippen molar-refractivity contribution >= 4 is 11.9 Å². The molecule has 0 bridgehead atoms. The molecular formula is C12H20KN3O3. The summed E-state index contributed by atoms with van der Waals surface area (Å²) < 4.78 is 0. The smallest absolute Gasteiger partial charge is 0.859 e. The second-order valence-corrected chi connectivity index (χ2v) is 3.41. The fourth-order valence-electron chi connectivity index (χ4n) is 1.05. The molecule has 7 heteroatoms. The second-order valence-electron chi connectivity index (χ2n) is 3.41. The molecule has 0 heterocycles. The molecule has 0 atom stereocenters. The summed E-state index contributed by atoms with van der Waals surface area (Å²) in [6.45, 7) is 5.40. The zero-order chi connectivity index (χ0) is 13.6. The van der Waals surface area contributed by atoms with Gasteiger partial charge in [-0.15, -0.1) is 0 Å². The van der Waals surface area contributed by atoms with Crippen molar-refractivity contribution in [2.24, 2.45) is 4.99 Å². The summed E-state index contributed by atoms with van der Waals surface area (Å²) in [5.41, 5.74) is 0. The standard InChI is InChI=1S/C12H21N3O3.K/c1-2-3-6-13-7-8-14-9-10-15-11(16)4-5-12(17)18;/h2-5,13-14H,6-10H2,1H3,(H,15,16)(H,17,18);/q;+1/p-1/b3-2+,5-4+;. The van der Waals surface area contributed by atoms with Crippen molar-refractivity contribution in [3.63, 3.8) is 0 Å². The molecule has 3 N–H and O–H groups in total. The van der Waals surface area contributed by atoms with Crippen molar-refractivity contribution in [3.05, 3.63) is 24.3 Å². The van der Waals surface area contributed by atoms with Crippen LogP contribution in [-0.2, 0) is 4.79 Å². The van der Waals surface area contributed by atoms with E-state index >= 15 is 0 Å². The molecule has 0 aliphatic heterocycles. The van der Waals surface area contributed by atoms with Gasteiger partial charge in [0.1, 0.15) is 0 Å². The summed E-state index contributed by atoms with van der Waals surface area (Å²) in [5, 5.41) is 25.6. The molecule has 0 aromatic rings. The van der Waals surface area contributed by atoms with Crippen molar-refractivity contribution in [2.45, 2.75) is 6.92 Å². The average Bonchev–Trinajstić information content (AvgIpc) is 2.34. The minimum absolute atomic E-state index is 0. The monoisotopic (exact) mass is 293 g/mol. The van der Waals surface area contributed by atoms with Gasteiger partial charge in [0.05, 0.1) is 6.54 Å². The Hall–Kier alpha value is -0.0236. The maximum absolute atomic E-state index is 11.0. The summed E-state index contributed by atoms with van der Waals surface area (Å²) in [5.74, 6) is -1.67. The molecule has 0 unspecified atom stereocenters. The van der Waals surface area contributed by atoms with Gasteiger partial charge in [-0.25, -0.2) is 4.79 Å². The summed E-state index contributed by atoms with van der Waals surface area (Å²) in [6.07, 6.45) is 5.74. The van der Waals surface area contributed by atoms with Crippen LogP contribution in [0.15, 0.2) is 29.3 Å². The second kappa shape index (κ2) is 16.0. The molecule has 0 amide bonds. The van der Waals surface area contributed by atoms with E-state index in [4.69, 9.17) is 5.11 Å². The first-order valence-corrected chi connectivity index (χ1v) is 5.82. The average molecular weight is 293 g/mol. The van der Waals surface area contributed by atoms with Crippen LogP contribution < -0.4 is 67.1 Å². The van der Waals surface area contributed by atoms with Crippen molar-refractivity contribution < 1.29 is 66.4 Å². The molecule has 0 aromatic carbocycles. The van der Waals surface area contributed by atoms with Gasteiger partial charge in [-0.1, -0.05) is 12.2 Å². The molecule has 0 aliphatic rings. The molecule has 0 radical (unpaired) electrons. The van der Waals surface area contributed by atoms with E-state index in [0.717, 1.165) is 31.8 Å². The predicted molar refractivity (Wildman–Crippen MR) is 69.6 cm³/mol. The molecule has 0 spiro atoms. The van der Waals surface area contributed by atoms with E-state index in [1.807, 2.05) is 19.1 Å². The van der Waals surface area contributed by atoms with E-state index in [-0.39, 0.29) is 51.4 Å². The minimum atomic E-state index is -1.15. The largest absolute Gasteiger partial charge is 1.00 e. The molecule has 6 nitrogen and oxygen atoms in total. The van der Waals surface area contributed by atoms with Crippen LogP contribution in [-0.4, -0.2) is 49.7 Å². The van der Waals surface area contributed by atoms with E-state index in [1.54, 1.807) is 0 Å². The van der Waals surface area contributed by atoms with Gasteiger partial charge in [0.2, 0.25) is 0 Å². The molecular weight excluding hydrogens is 273 g/mol. The Morgan fingerprint density at radius 2 is 1.95 bits per heavy atom. The molecule has 0 aromatic heterocycles. The van der Waals surface area contributed by atoms with Gasteiger partial charge in [0.15, 0.2) is 0 Å². The van der Waals surface area contributed by atoms with Gasteiger partial charge in [-0.3, -0.25) is 4.99 Å². The van der Waals surface area contributed by atoms with Gasteiger partial charge in [0, 0.05) is 32.3 Å². The Bertz CT molecular complexity index is 317. The Balaban J connectivity index is 0. The van der Waals surface area contributed by atoms with Crippen LogP contribution in [0.5, 0.6) is 0 Å². The van der Waals surface area contributed by atoms with Crippen LogP contribution in [0.1, 0.15) is 6.92 Å². The topological polar surface area (TPSA) is 96.8 Å². The van der Waals surface area contributed by atoms with Crippen LogP contribution >= 0.6 is 0 Å². The summed E-state index contributed by atoms with van der Waals surface area (Å²) >= 11 is 0. The third-order valence-corrected chi connectivity index (χ3v) is 1.90. The summed E-state index contributed by atoms with van der Waals surface area (Å²) in [6, 6.07) is 0. The number of carboxylic acids is 1. The van der Waals surface area contributed by atoms with E-state index in [9.17, 15) is 9.90 Å². The zero-order valence-electron chi connectivity index (χ0n) is 11.6. The van der Waals surface area contributed by atoms with E-state index in [1.165, 1.54) is 0 Å².